The largest absolute Gasteiger partial charge is 0.0654 e. The number of hydrogen-bond donors (Lipinski definition) is 0. The summed E-state index contributed by atoms with van der Waals surface area (Å²) < 4.78 is 0. The molecule has 0 aromatic rings. The van der Waals surface area contributed by atoms with E-state index < -0.39 is 0 Å². The molecule has 0 bridgehead atoms. The van der Waals surface area contributed by atoms with E-state index in [2.05, 4.69) is 69.2 Å². The standard InChI is InChI=1S/C17H36/c1-11-12-13(15(2,3)4)14(16(5,6)7)17(8,9)10/h13-14H,11-12H2,1-10H3. The van der Waals surface area contributed by atoms with Gasteiger partial charge in [0.05, 0.1) is 0 Å². The highest BCUT2D eigenvalue weighted by atomic mass is 14.5. The number of hydrogen-bond acceptors (Lipinski definition) is 0. The molecule has 104 valence electrons. The van der Waals surface area contributed by atoms with Crippen LogP contribution < -0.4 is 0 Å². The van der Waals surface area contributed by atoms with Gasteiger partial charge in [-0.15, -0.1) is 0 Å². The lowest BCUT2D eigenvalue weighted by Gasteiger charge is -2.50. The van der Waals surface area contributed by atoms with Gasteiger partial charge in [0, 0.05) is 0 Å². The van der Waals surface area contributed by atoms with Crippen LogP contribution in [0, 0.1) is 28.1 Å². The van der Waals surface area contributed by atoms with Gasteiger partial charge in [-0.25, -0.2) is 0 Å². The highest BCUT2D eigenvalue weighted by Gasteiger charge is 2.44. The van der Waals surface area contributed by atoms with Crippen molar-refractivity contribution in [2.75, 3.05) is 0 Å². The topological polar surface area (TPSA) is 0 Å². The van der Waals surface area contributed by atoms with Crippen molar-refractivity contribution < 1.29 is 0 Å². The molecule has 17 heavy (non-hydrogen) atoms. The van der Waals surface area contributed by atoms with Gasteiger partial charge in [-0.1, -0.05) is 75.7 Å². The molecule has 0 aromatic heterocycles. The van der Waals surface area contributed by atoms with Gasteiger partial charge in [-0.3, -0.25) is 0 Å². The van der Waals surface area contributed by atoms with Gasteiger partial charge in [-0.05, 0) is 34.5 Å². The molecular weight excluding hydrogens is 204 g/mol. The molecule has 0 aliphatic rings. The van der Waals surface area contributed by atoms with E-state index in [1.165, 1.54) is 12.8 Å². The first-order valence-electron chi connectivity index (χ1n) is 7.31. The second-order valence-electron chi connectivity index (χ2n) is 8.97. The molecule has 0 heterocycles. The molecule has 0 aliphatic heterocycles. The first-order chi connectivity index (χ1) is 7.31. The summed E-state index contributed by atoms with van der Waals surface area (Å²) in [5.41, 5.74) is 1.16. The van der Waals surface area contributed by atoms with Gasteiger partial charge in [-0.2, -0.15) is 0 Å². The number of rotatable bonds is 3. The molecule has 0 amide bonds. The molecule has 0 nitrogen and oxygen atoms in total. The van der Waals surface area contributed by atoms with Crippen LogP contribution in [0.2, 0.25) is 0 Å². The van der Waals surface area contributed by atoms with Crippen molar-refractivity contribution in [1.82, 2.24) is 0 Å². The minimum absolute atomic E-state index is 0.380. The van der Waals surface area contributed by atoms with Crippen LogP contribution in [0.25, 0.3) is 0 Å². The Bertz CT molecular complexity index is 202. The fourth-order valence-corrected chi connectivity index (χ4v) is 3.92. The Morgan fingerprint density at radius 3 is 1.18 bits per heavy atom. The van der Waals surface area contributed by atoms with E-state index in [9.17, 15) is 0 Å². The maximum absolute atomic E-state index is 2.41. The Labute approximate surface area is 111 Å². The summed E-state index contributed by atoms with van der Waals surface area (Å²) in [7, 11) is 0. The lowest BCUT2D eigenvalue weighted by molar-refractivity contribution is -0.0141. The molecule has 1 atom stereocenters. The third-order valence-electron chi connectivity index (χ3n) is 3.98. The quantitative estimate of drug-likeness (QED) is 0.554. The molecule has 0 spiro atoms. The molecule has 0 fully saturated rings. The van der Waals surface area contributed by atoms with Crippen LogP contribution in [-0.4, -0.2) is 0 Å². The van der Waals surface area contributed by atoms with E-state index in [4.69, 9.17) is 0 Å². The SMILES string of the molecule is CCCC(C(C(C)(C)C)C(C)(C)C)C(C)(C)C. The van der Waals surface area contributed by atoms with Crippen LogP contribution in [0.4, 0.5) is 0 Å². The van der Waals surface area contributed by atoms with E-state index >= 15 is 0 Å². The van der Waals surface area contributed by atoms with Crippen molar-refractivity contribution in [1.29, 1.82) is 0 Å². The lowest BCUT2D eigenvalue weighted by atomic mass is 9.55. The molecular formula is C17H36. The summed E-state index contributed by atoms with van der Waals surface area (Å²) in [5.74, 6) is 1.56. The normalized spacial score (nSPS) is 16.4. The Hall–Kier alpha value is 0. The van der Waals surface area contributed by atoms with Crippen molar-refractivity contribution in [2.45, 2.75) is 82.1 Å². The molecule has 0 N–H and O–H groups in total. The van der Waals surface area contributed by atoms with Crippen LogP contribution >= 0.6 is 0 Å². The maximum atomic E-state index is 2.41. The van der Waals surface area contributed by atoms with E-state index in [0.717, 1.165) is 11.8 Å². The predicted molar refractivity (Wildman–Crippen MR) is 80.3 cm³/mol. The van der Waals surface area contributed by atoms with Crippen LogP contribution in [0.3, 0.4) is 0 Å². The Morgan fingerprint density at radius 2 is 1.00 bits per heavy atom. The minimum atomic E-state index is 0.380. The van der Waals surface area contributed by atoms with E-state index in [1.807, 2.05) is 0 Å². The van der Waals surface area contributed by atoms with Crippen molar-refractivity contribution in [3.63, 3.8) is 0 Å². The third kappa shape index (κ3) is 5.02. The molecule has 0 heteroatoms. The Kier molecular flexibility index (Phi) is 5.33. The van der Waals surface area contributed by atoms with Crippen LogP contribution in [0.15, 0.2) is 0 Å². The summed E-state index contributed by atoms with van der Waals surface area (Å²) >= 11 is 0. The highest BCUT2D eigenvalue weighted by Crippen LogP contribution is 2.51. The van der Waals surface area contributed by atoms with Crippen molar-refractivity contribution >= 4 is 0 Å². The van der Waals surface area contributed by atoms with Crippen molar-refractivity contribution in [2.24, 2.45) is 28.1 Å². The van der Waals surface area contributed by atoms with Crippen LogP contribution in [0.5, 0.6) is 0 Å². The fraction of sp³-hybridized carbons (Fsp3) is 1.00. The molecule has 0 radical (unpaired) electrons. The fourth-order valence-electron chi connectivity index (χ4n) is 3.92. The summed E-state index contributed by atoms with van der Waals surface area (Å²) in [6.45, 7) is 24.0. The first-order valence-corrected chi connectivity index (χ1v) is 7.31. The zero-order chi connectivity index (χ0) is 14.1. The van der Waals surface area contributed by atoms with Crippen molar-refractivity contribution in [3.8, 4) is 0 Å². The molecule has 1 unspecified atom stereocenters. The van der Waals surface area contributed by atoms with Crippen LogP contribution in [0.1, 0.15) is 82.1 Å². The van der Waals surface area contributed by atoms with Crippen molar-refractivity contribution in [3.05, 3.63) is 0 Å². The first kappa shape index (κ1) is 17.0. The van der Waals surface area contributed by atoms with Gasteiger partial charge in [0.1, 0.15) is 0 Å². The average molecular weight is 240 g/mol. The average Bonchev–Trinajstić information content (AvgIpc) is 1.96. The zero-order valence-corrected chi connectivity index (χ0v) is 14.1. The van der Waals surface area contributed by atoms with Crippen LogP contribution in [-0.2, 0) is 0 Å². The van der Waals surface area contributed by atoms with E-state index in [0.29, 0.717) is 16.2 Å². The predicted octanol–water partition coefficient (Wildman–Crippen LogP) is 6.16. The zero-order valence-electron chi connectivity index (χ0n) is 14.1. The Morgan fingerprint density at radius 1 is 0.647 bits per heavy atom. The van der Waals surface area contributed by atoms with E-state index in [1.54, 1.807) is 0 Å². The summed E-state index contributed by atoms with van der Waals surface area (Å²) in [4.78, 5) is 0. The van der Waals surface area contributed by atoms with Gasteiger partial charge in [0.25, 0.3) is 0 Å². The molecule has 0 rings (SSSR count). The smallest absolute Gasteiger partial charge is 0.0283 e. The van der Waals surface area contributed by atoms with Gasteiger partial charge >= 0.3 is 0 Å². The Balaban J connectivity index is 5.40. The van der Waals surface area contributed by atoms with E-state index in [-0.39, 0.29) is 0 Å². The second-order valence-corrected chi connectivity index (χ2v) is 8.97. The van der Waals surface area contributed by atoms with Gasteiger partial charge in [0.15, 0.2) is 0 Å². The summed E-state index contributed by atoms with van der Waals surface area (Å²) in [6.07, 6.45) is 2.65. The monoisotopic (exact) mass is 240 g/mol. The lowest BCUT2D eigenvalue weighted by Crippen LogP contribution is -2.43. The molecule has 0 aliphatic carbocycles. The molecule has 0 aromatic carbocycles. The molecule has 0 saturated heterocycles. The van der Waals surface area contributed by atoms with Gasteiger partial charge < -0.3 is 0 Å². The molecule has 0 saturated carbocycles. The highest BCUT2D eigenvalue weighted by molar-refractivity contribution is 4.92. The summed E-state index contributed by atoms with van der Waals surface area (Å²) in [5, 5.41) is 0. The summed E-state index contributed by atoms with van der Waals surface area (Å²) in [6, 6.07) is 0. The minimum Gasteiger partial charge on any atom is -0.0654 e. The van der Waals surface area contributed by atoms with Gasteiger partial charge in [0.2, 0.25) is 0 Å². The third-order valence-corrected chi connectivity index (χ3v) is 3.98. The second kappa shape index (κ2) is 5.33. The maximum Gasteiger partial charge on any atom is -0.0283 e.